The van der Waals surface area contributed by atoms with Crippen molar-refractivity contribution in [2.24, 2.45) is 5.92 Å². The van der Waals surface area contributed by atoms with Crippen molar-refractivity contribution < 1.29 is 9.72 Å². The lowest BCUT2D eigenvalue weighted by atomic mass is 9.88. The zero-order valence-electron chi connectivity index (χ0n) is 10.3. The average Bonchev–Trinajstić information content (AvgIpc) is 3.01. The van der Waals surface area contributed by atoms with E-state index in [1.165, 1.54) is 12.1 Å². The maximum Gasteiger partial charge on any atom is 0.269 e. The van der Waals surface area contributed by atoms with Crippen LogP contribution in [0.5, 0.6) is 0 Å². The fourth-order valence-electron chi connectivity index (χ4n) is 3.02. The normalized spacial score (nSPS) is 28.3. The first-order valence-corrected chi connectivity index (χ1v) is 6.45. The molecular weight excluding hydrogens is 246 g/mol. The molecule has 6 heteroatoms. The Kier molecular flexibility index (Phi) is 2.94. The third kappa shape index (κ3) is 2.31. The zero-order chi connectivity index (χ0) is 13.4. The lowest BCUT2D eigenvalue weighted by Gasteiger charge is -2.19. The first kappa shape index (κ1) is 12.1. The molecule has 2 N–H and O–H groups in total. The van der Waals surface area contributed by atoms with Crippen molar-refractivity contribution >= 4 is 17.3 Å². The Labute approximate surface area is 110 Å². The van der Waals surface area contributed by atoms with E-state index in [0.717, 1.165) is 19.3 Å². The van der Waals surface area contributed by atoms with E-state index in [2.05, 4.69) is 10.6 Å². The van der Waals surface area contributed by atoms with Crippen LogP contribution in [0.1, 0.15) is 19.3 Å². The van der Waals surface area contributed by atoms with Crippen LogP contribution in [0.15, 0.2) is 24.3 Å². The molecular formula is C13H15N3O3. The minimum atomic E-state index is -0.453. The van der Waals surface area contributed by atoms with Gasteiger partial charge in [-0.05, 0) is 31.4 Å². The molecule has 2 bridgehead atoms. The molecule has 0 aliphatic carbocycles. The molecule has 0 saturated carbocycles. The first-order valence-electron chi connectivity index (χ1n) is 6.45. The van der Waals surface area contributed by atoms with Gasteiger partial charge in [-0.15, -0.1) is 0 Å². The summed E-state index contributed by atoms with van der Waals surface area (Å²) in [6.45, 7) is 0. The highest BCUT2D eigenvalue weighted by molar-refractivity contribution is 5.93. The number of non-ortho nitro benzene ring substituents is 1. The summed E-state index contributed by atoms with van der Waals surface area (Å²) in [7, 11) is 0. The molecule has 100 valence electrons. The molecule has 3 atom stereocenters. The predicted octanol–water partition coefficient (Wildman–Crippen LogP) is 1.67. The van der Waals surface area contributed by atoms with Crippen LogP contribution >= 0.6 is 0 Å². The molecule has 6 nitrogen and oxygen atoms in total. The fourth-order valence-corrected chi connectivity index (χ4v) is 3.02. The zero-order valence-corrected chi connectivity index (χ0v) is 10.3. The molecule has 2 aliphatic heterocycles. The second kappa shape index (κ2) is 4.62. The van der Waals surface area contributed by atoms with E-state index in [1.807, 2.05) is 0 Å². The molecule has 1 aromatic rings. The Morgan fingerprint density at radius 2 is 2.05 bits per heavy atom. The second-order valence-corrected chi connectivity index (χ2v) is 5.18. The molecule has 0 radical (unpaired) electrons. The largest absolute Gasteiger partial charge is 0.326 e. The molecule has 3 unspecified atom stereocenters. The number of rotatable bonds is 3. The van der Waals surface area contributed by atoms with Gasteiger partial charge in [0.25, 0.3) is 5.69 Å². The van der Waals surface area contributed by atoms with Gasteiger partial charge in [0.15, 0.2) is 0 Å². The van der Waals surface area contributed by atoms with Gasteiger partial charge in [-0.25, -0.2) is 0 Å². The van der Waals surface area contributed by atoms with Gasteiger partial charge in [-0.3, -0.25) is 14.9 Å². The Morgan fingerprint density at radius 1 is 1.32 bits per heavy atom. The maximum absolute atomic E-state index is 12.1. The van der Waals surface area contributed by atoms with E-state index in [9.17, 15) is 14.9 Å². The van der Waals surface area contributed by atoms with Gasteiger partial charge in [-0.1, -0.05) is 0 Å². The van der Waals surface area contributed by atoms with Gasteiger partial charge in [0.1, 0.15) is 0 Å². The quantitative estimate of drug-likeness (QED) is 0.640. The van der Waals surface area contributed by atoms with E-state index in [4.69, 9.17) is 0 Å². The van der Waals surface area contributed by atoms with Crippen molar-refractivity contribution in [2.45, 2.75) is 31.3 Å². The van der Waals surface area contributed by atoms with Crippen LogP contribution in [0, 0.1) is 16.0 Å². The molecule has 1 amide bonds. The molecule has 3 rings (SSSR count). The van der Waals surface area contributed by atoms with Gasteiger partial charge in [0.05, 0.1) is 10.8 Å². The van der Waals surface area contributed by atoms with Gasteiger partial charge in [0.2, 0.25) is 5.91 Å². The van der Waals surface area contributed by atoms with E-state index >= 15 is 0 Å². The summed E-state index contributed by atoms with van der Waals surface area (Å²) in [5.74, 6) is 0.0301. The lowest BCUT2D eigenvalue weighted by Crippen LogP contribution is -2.32. The van der Waals surface area contributed by atoms with E-state index in [1.54, 1.807) is 12.1 Å². The Morgan fingerprint density at radius 3 is 2.58 bits per heavy atom. The van der Waals surface area contributed by atoms with E-state index < -0.39 is 4.92 Å². The monoisotopic (exact) mass is 261 g/mol. The number of carbonyl (C=O) groups excluding carboxylic acids is 1. The molecule has 0 aromatic heterocycles. The van der Waals surface area contributed by atoms with Crippen molar-refractivity contribution in [3.63, 3.8) is 0 Å². The molecule has 2 fully saturated rings. The number of nitro benzene ring substituents is 1. The highest BCUT2D eigenvalue weighted by Crippen LogP contribution is 2.33. The predicted molar refractivity (Wildman–Crippen MR) is 69.8 cm³/mol. The van der Waals surface area contributed by atoms with Gasteiger partial charge in [0, 0.05) is 29.9 Å². The molecule has 2 heterocycles. The van der Waals surface area contributed by atoms with Gasteiger partial charge in [-0.2, -0.15) is 0 Å². The van der Waals surface area contributed by atoms with Crippen molar-refractivity contribution in [1.82, 2.24) is 5.32 Å². The Bertz CT molecular complexity index is 514. The minimum Gasteiger partial charge on any atom is -0.326 e. The van der Waals surface area contributed by atoms with Crippen LogP contribution in [0.2, 0.25) is 0 Å². The van der Waals surface area contributed by atoms with E-state index in [0.29, 0.717) is 17.8 Å². The molecule has 19 heavy (non-hydrogen) atoms. The number of fused-ring (bicyclic) bond motifs is 2. The summed E-state index contributed by atoms with van der Waals surface area (Å²) in [6.07, 6.45) is 3.11. The SMILES string of the molecule is O=C(Nc1ccc([N+](=O)[O-])cc1)C1CC2CCC1N2. The summed E-state index contributed by atoms with van der Waals surface area (Å²) in [4.78, 5) is 22.2. The van der Waals surface area contributed by atoms with Crippen LogP contribution < -0.4 is 10.6 Å². The van der Waals surface area contributed by atoms with Crippen LogP contribution in [0.25, 0.3) is 0 Å². The van der Waals surface area contributed by atoms with Crippen LogP contribution in [-0.2, 0) is 4.79 Å². The smallest absolute Gasteiger partial charge is 0.269 e. The summed E-state index contributed by atoms with van der Waals surface area (Å²) in [5.41, 5.74) is 0.637. The standard InChI is InChI=1S/C13H15N3O3/c17-13(11-7-9-3-6-12(11)14-9)15-8-1-4-10(5-2-8)16(18)19/h1-2,4-5,9,11-12,14H,3,6-7H2,(H,15,17). The summed E-state index contributed by atoms with van der Waals surface area (Å²) < 4.78 is 0. The highest BCUT2D eigenvalue weighted by atomic mass is 16.6. The van der Waals surface area contributed by atoms with Crippen molar-refractivity contribution in [3.05, 3.63) is 34.4 Å². The molecule has 0 spiro atoms. The van der Waals surface area contributed by atoms with Crippen molar-refractivity contribution in [2.75, 3.05) is 5.32 Å². The summed E-state index contributed by atoms with van der Waals surface area (Å²) in [6, 6.07) is 6.71. The number of hydrogen-bond acceptors (Lipinski definition) is 4. The van der Waals surface area contributed by atoms with Crippen LogP contribution in [0.3, 0.4) is 0 Å². The van der Waals surface area contributed by atoms with Crippen molar-refractivity contribution in [3.8, 4) is 0 Å². The Hall–Kier alpha value is -1.95. The number of hydrogen-bond donors (Lipinski definition) is 2. The molecule has 2 aliphatic rings. The Balaban J connectivity index is 1.64. The molecule has 2 saturated heterocycles. The average molecular weight is 261 g/mol. The van der Waals surface area contributed by atoms with Gasteiger partial charge < -0.3 is 10.6 Å². The number of benzene rings is 1. The third-order valence-corrected chi connectivity index (χ3v) is 3.98. The maximum atomic E-state index is 12.1. The summed E-state index contributed by atoms with van der Waals surface area (Å²) in [5, 5.41) is 16.8. The first-order chi connectivity index (χ1) is 9.13. The number of carbonyl (C=O) groups is 1. The second-order valence-electron chi connectivity index (χ2n) is 5.18. The van der Waals surface area contributed by atoms with Gasteiger partial charge >= 0.3 is 0 Å². The fraction of sp³-hybridized carbons (Fsp3) is 0.462. The minimum absolute atomic E-state index is 0.00792. The number of amides is 1. The lowest BCUT2D eigenvalue weighted by molar-refractivity contribution is -0.384. The number of nitrogens with one attached hydrogen (secondary N) is 2. The molecule has 1 aromatic carbocycles. The summed E-state index contributed by atoms with van der Waals surface area (Å²) >= 11 is 0. The number of anilines is 1. The van der Waals surface area contributed by atoms with E-state index in [-0.39, 0.29) is 17.5 Å². The third-order valence-electron chi connectivity index (χ3n) is 3.98. The van der Waals surface area contributed by atoms with Crippen LogP contribution in [0.4, 0.5) is 11.4 Å². The van der Waals surface area contributed by atoms with Crippen LogP contribution in [-0.4, -0.2) is 22.9 Å². The number of nitrogens with zero attached hydrogens (tertiary/aromatic N) is 1. The van der Waals surface area contributed by atoms with Crippen molar-refractivity contribution in [1.29, 1.82) is 0 Å². The topological polar surface area (TPSA) is 84.3 Å². The highest BCUT2D eigenvalue weighted by Gasteiger charge is 2.42. The number of nitro groups is 1.